The number of sulfone groups is 1. The predicted octanol–water partition coefficient (Wildman–Crippen LogP) is 2.44. The lowest BCUT2D eigenvalue weighted by Gasteiger charge is -2.08. The molecule has 3 rings (SSSR count). The number of rotatable bonds is 6. The largest absolute Gasteiger partial charge is 0.497 e. The quantitative estimate of drug-likeness (QED) is 0.805. The maximum Gasteiger partial charge on any atom is 0.226 e. The van der Waals surface area contributed by atoms with Crippen LogP contribution in [0.25, 0.3) is 11.5 Å². The third-order valence-corrected chi connectivity index (χ3v) is 5.34. The zero-order valence-corrected chi connectivity index (χ0v) is 13.7. The standard InChI is InChI=1S/C16H19NO5S/c1-20-14-6-4-12(5-7-14)16-17-13(9-22-16)10-23(18,19)11-15-3-2-8-21-15/h4-7,9,15H,2-3,8,10-11H2,1H3/t15-/m1/s1. The van der Waals surface area contributed by atoms with E-state index in [1.165, 1.54) is 6.26 Å². The number of nitrogens with zero attached hydrogens (tertiary/aromatic N) is 1. The molecule has 0 aliphatic carbocycles. The van der Waals surface area contributed by atoms with Gasteiger partial charge in [0, 0.05) is 12.2 Å². The molecule has 1 aromatic heterocycles. The Bertz CT molecular complexity index is 745. The molecule has 1 aliphatic rings. The van der Waals surface area contributed by atoms with Crippen LogP contribution in [0.4, 0.5) is 0 Å². The molecule has 0 radical (unpaired) electrons. The van der Waals surface area contributed by atoms with Crippen LogP contribution in [0.5, 0.6) is 5.75 Å². The van der Waals surface area contributed by atoms with Crippen molar-refractivity contribution in [3.05, 3.63) is 36.2 Å². The van der Waals surface area contributed by atoms with Crippen molar-refractivity contribution < 1.29 is 22.3 Å². The molecule has 2 aromatic rings. The molecule has 6 nitrogen and oxygen atoms in total. The van der Waals surface area contributed by atoms with Gasteiger partial charge < -0.3 is 13.9 Å². The van der Waals surface area contributed by atoms with Crippen LogP contribution in [0.2, 0.25) is 0 Å². The molecule has 0 unspecified atom stereocenters. The number of ether oxygens (including phenoxy) is 2. The van der Waals surface area contributed by atoms with Crippen molar-refractivity contribution in [1.82, 2.24) is 4.98 Å². The molecule has 1 aromatic carbocycles. The molecule has 0 amide bonds. The van der Waals surface area contributed by atoms with E-state index in [1.807, 2.05) is 12.1 Å². The van der Waals surface area contributed by atoms with E-state index in [0.29, 0.717) is 18.2 Å². The molecule has 7 heteroatoms. The second kappa shape index (κ2) is 6.72. The summed E-state index contributed by atoms with van der Waals surface area (Å²) in [6.07, 6.45) is 2.93. The van der Waals surface area contributed by atoms with Crippen molar-refractivity contribution in [2.24, 2.45) is 0 Å². The topological polar surface area (TPSA) is 78.6 Å². The van der Waals surface area contributed by atoms with Crippen LogP contribution in [0, 0.1) is 0 Å². The Kier molecular flexibility index (Phi) is 4.68. The van der Waals surface area contributed by atoms with Gasteiger partial charge in [-0.05, 0) is 37.1 Å². The summed E-state index contributed by atoms with van der Waals surface area (Å²) in [5.74, 6) is 1.04. The molecule has 1 atom stereocenters. The van der Waals surface area contributed by atoms with Crippen molar-refractivity contribution in [3.63, 3.8) is 0 Å². The average Bonchev–Trinajstić information content (AvgIpc) is 3.18. The third kappa shape index (κ3) is 4.11. The van der Waals surface area contributed by atoms with E-state index in [1.54, 1.807) is 19.2 Å². The summed E-state index contributed by atoms with van der Waals surface area (Å²) >= 11 is 0. The number of hydrogen-bond donors (Lipinski definition) is 0. The van der Waals surface area contributed by atoms with E-state index in [-0.39, 0.29) is 17.6 Å². The number of benzene rings is 1. The molecule has 2 heterocycles. The minimum atomic E-state index is -3.27. The fourth-order valence-electron chi connectivity index (χ4n) is 2.58. The van der Waals surface area contributed by atoms with Gasteiger partial charge >= 0.3 is 0 Å². The minimum absolute atomic E-state index is 0.0394. The SMILES string of the molecule is COc1ccc(-c2nc(CS(=O)(=O)C[C@H]3CCCO3)co2)cc1. The highest BCUT2D eigenvalue weighted by Gasteiger charge is 2.24. The number of aromatic nitrogens is 1. The van der Waals surface area contributed by atoms with Crippen molar-refractivity contribution in [3.8, 4) is 17.2 Å². The van der Waals surface area contributed by atoms with E-state index in [2.05, 4.69) is 4.98 Å². The Morgan fingerprint density at radius 1 is 1.30 bits per heavy atom. The fourth-order valence-corrected chi connectivity index (χ4v) is 4.11. The first-order valence-corrected chi connectivity index (χ1v) is 9.29. The van der Waals surface area contributed by atoms with Gasteiger partial charge in [0.15, 0.2) is 9.84 Å². The lowest BCUT2D eigenvalue weighted by Crippen LogP contribution is -2.21. The van der Waals surface area contributed by atoms with Crippen molar-refractivity contribution in [2.75, 3.05) is 19.5 Å². The Hall–Kier alpha value is -1.86. The van der Waals surface area contributed by atoms with Crippen LogP contribution in [0.15, 0.2) is 34.9 Å². The Morgan fingerprint density at radius 2 is 2.09 bits per heavy atom. The van der Waals surface area contributed by atoms with Gasteiger partial charge in [-0.25, -0.2) is 13.4 Å². The second-order valence-corrected chi connectivity index (χ2v) is 7.67. The van der Waals surface area contributed by atoms with Gasteiger partial charge in [0.25, 0.3) is 0 Å². The van der Waals surface area contributed by atoms with Crippen molar-refractivity contribution in [2.45, 2.75) is 24.7 Å². The zero-order valence-electron chi connectivity index (χ0n) is 12.9. The molecular weight excluding hydrogens is 318 g/mol. The molecule has 1 aliphatic heterocycles. The summed E-state index contributed by atoms with van der Waals surface area (Å²) in [6, 6.07) is 7.23. The fraction of sp³-hybridized carbons (Fsp3) is 0.438. The lowest BCUT2D eigenvalue weighted by molar-refractivity contribution is 0.127. The second-order valence-electron chi connectivity index (χ2n) is 5.56. The molecule has 0 spiro atoms. The Morgan fingerprint density at radius 3 is 2.74 bits per heavy atom. The molecule has 0 saturated carbocycles. The monoisotopic (exact) mass is 337 g/mol. The first-order chi connectivity index (χ1) is 11.1. The van der Waals surface area contributed by atoms with E-state index in [0.717, 1.165) is 24.2 Å². The number of hydrogen-bond acceptors (Lipinski definition) is 6. The zero-order chi connectivity index (χ0) is 16.3. The van der Waals surface area contributed by atoms with Gasteiger partial charge in [-0.3, -0.25) is 0 Å². The van der Waals surface area contributed by atoms with Crippen molar-refractivity contribution >= 4 is 9.84 Å². The molecule has 124 valence electrons. The summed E-state index contributed by atoms with van der Waals surface area (Å²) < 4.78 is 40.3. The summed E-state index contributed by atoms with van der Waals surface area (Å²) in [4.78, 5) is 4.27. The highest BCUT2D eigenvalue weighted by Crippen LogP contribution is 2.23. The normalized spacial score (nSPS) is 18.2. The number of methoxy groups -OCH3 is 1. The lowest BCUT2D eigenvalue weighted by atomic mass is 10.2. The maximum atomic E-state index is 12.2. The smallest absolute Gasteiger partial charge is 0.226 e. The highest BCUT2D eigenvalue weighted by atomic mass is 32.2. The first kappa shape index (κ1) is 16.0. The minimum Gasteiger partial charge on any atom is -0.497 e. The summed E-state index contributed by atoms with van der Waals surface area (Å²) in [5, 5.41) is 0. The molecule has 1 saturated heterocycles. The summed E-state index contributed by atoms with van der Waals surface area (Å²) in [5.41, 5.74) is 1.18. The van der Waals surface area contributed by atoms with Crippen molar-refractivity contribution in [1.29, 1.82) is 0 Å². The summed E-state index contributed by atoms with van der Waals surface area (Å²) in [7, 11) is -1.67. The maximum absolute atomic E-state index is 12.2. The van der Waals surface area contributed by atoms with Crippen LogP contribution < -0.4 is 4.74 Å². The first-order valence-electron chi connectivity index (χ1n) is 7.46. The highest BCUT2D eigenvalue weighted by molar-refractivity contribution is 7.90. The average molecular weight is 337 g/mol. The van der Waals surface area contributed by atoms with Gasteiger partial charge in [-0.2, -0.15) is 0 Å². The molecule has 23 heavy (non-hydrogen) atoms. The van der Waals surface area contributed by atoms with Gasteiger partial charge in [0.2, 0.25) is 5.89 Å². The van der Waals surface area contributed by atoms with Crippen LogP contribution in [0.1, 0.15) is 18.5 Å². The predicted molar refractivity (Wildman–Crippen MR) is 85.0 cm³/mol. The summed E-state index contributed by atoms with van der Waals surface area (Å²) in [6.45, 7) is 0.645. The molecule has 0 N–H and O–H groups in total. The molecular formula is C16H19NO5S. The third-order valence-electron chi connectivity index (χ3n) is 3.72. The van der Waals surface area contributed by atoms with Crippen LogP contribution in [-0.4, -0.2) is 39.0 Å². The van der Waals surface area contributed by atoms with Gasteiger partial charge in [0.05, 0.1) is 30.4 Å². The number of oxazole rings is 1. The van der Waals surface area contributed by atoms with Gasteiger partial charge in [0.1, 0.15) is 12.0 Å². The molecule has 1 fully saturated rings. The van der Waals surface area contributed by atoms with E-state index >= 15 is 0 Å². The molecule has 0 bridgehead atoms. The van der Waals surface area contributed by atoms with Gasteiger partial charge in [-0.15, -0.1) is 0 Å². The van der Waals surface area contributed by atoms with E-state index in [9.17, 15) is 8.42 Å². The van der Waals surface area contributed by atoms with Crippen LogP contribution >= 0.6 is 0 Å². The Labute approximate surface area is 135 Å². The van der Waals surface area contributed by atoms with Gasteiger partial charge in [-0.1, -0.05) is 0 Å². The van der Waals surface area contributed by atoms with Crippen LogP contribution in [-0.2, 0) is 20.3 Å². The van der Waals surface area contributed by atoms with E-state index < -0.39 is 9.84 Å². The van der Waals surface area contributed by atoms with E-state index in [4.69, 9.17) is 13.9 Å². The van der Waals surface area contributed by atoms with Crippen LogP contribution in [0.3, 0.4) is 0 Å². The Balaban J connectivity index is 1.68.